The molecule has 1 fully saturated rings. The number of nitrogens with one attached hydrogen (secondary N) is 1. The number of fused-ring (bicyclic) bond motifs is 1. The van der Waals surface area contributed by atoms with Gasteiger partial charge in [0.05, 0.1) is 31.2 Å². The first kappa shape index (κ1) is 23.9. The van der Waals surface area contributed by atoms with Gasteiger partial charge in [-0.05, 0) is 34.9 Å². The Balaban J connectivity index is 1.49. The van der Waals surface area contributed by atoms with Gasteiger partial charge in [0.2, 0.25) is 0 Å². The SMILES string of the molecule is O=C(c1sc(C(Cc2ccc(Cl)cc2)c2cnc[nH]2)nc1-c1cccc2ccccc12)N1CCOCC1. The molecule has 0 spiro atoms. The van der Waals surface area contributed by atoms with Crippen molar-refractivity contribution in [2.45, 2.75) is 12.3 Å². The Hall–Kier alpha value is -3.52. The van der Waals surface area contributed by atoms with Gasteiger partial charge in [-0.25, -0.2) is 9.97 Å². The molecule has 0 saturated carbocycles. The lowest BCUT2D eigenvalue weighted by molar-refractivity contribution is 0.0306. The molecule has 1 N–H and O–H groups in total. The van der Waals surface area contributed by atoms with Gasteiger partial charge in [0, 0.05) is 35.6 Å². The lowest BCUT2D eigenvalue weighted by Gasteiger charge is -2.26. The highest BCUT2D eigenvalue weighted by molar-refractivity contribution is 7.14. The van der Waals surface area contributed by atoms with Crippen molar-refractivity contribution in [3.05, 3.63) is 105 Å². The van der Waals surface area contributed by atoms with E-state index >= 15 is 0 Å². The maximum Gasteiger partial charge on any atom is 0.266 e. The van der Waals surface area contributed by atoms with Crippen LogP contribution in [-0.4, -0.2) is 52.1 Å². The number of thiazole rings is 1. The van der Waals surface area contributed by atoms with Crippen LogP contribution in [0.3, 0.4) is 0 Å². The van der Waals surface area contributed by atoms with Crippen LogP contribution in [0.1, 0.15) is 31.9 Å². The Labute approximate surface area is 223 Å². The molecule has 37 heavy (non-hydrogen) atoms. The van der Waals surface area contributed by atoms with Crippen molar-refractivity contribution in [2.75, 3.05) is 26.3 Å². The summed E-state index contributed by atoms with van der Waals surface area (Å²) in [5, 5.41) is 3.77. The van der Waals surface area contributed by atoms with E-state index in [0.717, 1.165) is 38.3 Å². The number of hydrogen-bond acceptors (Lipinski definition) is 5. The zero-order valence-electron chi connectivity index (χ0n) is 20.1. The van der Waals surface area contributed by atoms with Crippen LogP contribution in [0.15, 0.2) is 79.3 Å². The summed E-state index contributed by atoms with van der Waals surface area (Å²) in [6.45, 7) is 2.26. The van der Waals surface area contributed by atoms with Crippen LogP contribution >= 0.6 is 22.9 Å². The van der Waals surface area contributed by atoms with Gasteiger partial charge in [-0.3, -0.25) is 4.79 Å². The Morgan fingerprint density at radius 1 is 1.05 bits per heavy atom. The van der Waals surface area contributed by atoms with Crippen molar-refractivity contribution in [3.63, 3.8) is 0 Å². The van der Waals surface area contributed by atoms with Crippen molar-refractivity contribution in [2.24, 2.45) is 0 Å². The van der Waals surface area contributed by atoms with Crippen LogP contribution in [0.25, 0.3) is 22.0 Å². The number of rotatable bonds is 6. The molecule has 6 rings (SSSR count). The third-order valence-corrected chi connectivity index (χ3v) is 8.14. The molecular weight excluding hydrogens is 504 g/mol. The lowest BCUT2D eigenvalue weighted by Crippen LogP contribution is -2.40. The number of amides is 1. The molecule has 3 aromatic carbocycles. The zero-order valence-corrected chi connectivity index (χ0v) is 21.6. The monoisotopic (exact) mass is 528 g/mol. The molecule has 186 valence electrons. The zero-order chi connectivity index (χ0) is 25.2. The van der Waals surface area contributed by atoms with Crippen molar-refractivity contribution < 1.29 is 9.53 Å². The molecule has 0 bridgehead atoms. The van der Waals surface area contributed by atoms with Gasteiger partial charge < -0.3 is 14.6 Å². The van der Waals surface area contributed by atoms with Crippen molar-refractivity contribution in [1.82, 2.24) is 19.9 Å². The second-order valence-electron chi connectivity index (χ2n) is 9.05. The van der Waals surface area contributed by atoms with E-state index in [-0.39, 0.29) is 11.8 Å². The summed E-state index contributed by atoms with van der Waals surface area (Å²) in [5.74, 6) is -0.0847. The van der Waals surface area contributed by atoms with Crippen molar-refractivity contribution >= 4 is 39.6 Å². The van der Waals surface area contributed by atoms with Gasteiger partial charge in [-0.1, -0.05) is 66.2 Å². The number of benzene rings is 3. The topological polar surface area (TPSA) is 71.1 Å². The van der Waals surface area contributed by atoms with Crippen LogP contribution in [-0.2, 0) is 11.2 Å². The maximum atomic E-state index is 13.9. The minimum atomic E-state index is -0.0892. The normalized spacial score (nSPS) is 14.7. The molecule has 1 aliphatic rings. The first-order chi connectivity index (χ1) is 18.2. The minimum Gasteiger partial charge on any atom is -0.378 e. The van der Waals surface area contributed by atoms with Gasteiger partial charge in [-0.2, -0.15) is 0 Å². The number of ether oxygens (including phenoxy) is 1. The molecule has 3 heterocycles. The molecule has 0 aliphatic carbocycles. The fourth-order valence-electron chi connectivity index (χ4n) is 4.80. The lowest BCUT2D eigenvalue weighted by atomic mass is 9.97. The number of carbonyl (C=O) groups excluding carboxylic acids is 1. The standard InChI is InChI=1S/C29H25ClN4O2S/c30-21-10-8-19(9-11-21)16-24(25-17-31-18-32-25)28-33-26(23-7-3-5-20-4-1-2-6-22(20)23)27(37-28)29(35)34-12-14-36-15-13-34/h1-11,17-18,24H,12-16H2,(H,31,32). The Kier molecular flexibility index (Phi) is 6.74. The molecule has 0 radical (unpaired) electrons. The number of aromatic nitrogens is 3. The van der Waals surface area contributed by atoms with E-state index in [1.54, 1.807) is 6.33 Å². The molecule has 6 nitrogen and oxygen atoms in total. The van der Waals surface area contributed by atoms with Gasteiger partial charge >= 0.3 is 0 Å². The second kappa shape index (κ2) is 10.5. The van der Waals surface area contributed by atoms with E-state index < -0.39 is 0 Å². The van der Waals surface area contributed by atoms with E-state index in [9.17, 15) is 4.79 Å². The van der Waals surface area contributed by atoms with E-state index in [1.165, 1.54) is 11.3 Å². The second-order valence-corrected chi connectivity index (χ2v) is 10.5. The number of aromatic amines is 1. The molecule has 1 aliphatic heterocycles. The number of carbonyl (C=O) groups is 1. The Bertz CT molecular complexity index is 1520. The predicted molar refractivity (Wildman–Crippen MR) is 147 cm³/mol. The molecule has 5 aromatic rings. The van der Waals surface area contributed by atoms with Crippen LogP contribution < -0.4 is 0 Å². The first-order valence-corrected chi connectivity index (χ1v) is 13.5. The first-order valence-electron chi connectivity index (χ1n) is 12.3. The molecule has 1 atom stereocenters. The number of nitrogens with zero attached hydrogens (tertiary/aromatic N) is 3. The predicted octanol–water partition coefficient (Wildman–Crippen LogP) is 6.19. The van der Waals surface area contributed by atoms with E-state index in [4.69, 9.17) is 21.3 Å². The van der Waals surface area contributed by atoms with Gasteiger partial charge in [0.25, 0.3) is 5.91 Å². The summed E-state index contributed by atoms with van der Waals surface area (Å²) in [7, 11) is 0. The van der Waals surface area contributed by atoms with Crippen molar-refractivity contribution in [3.8, 4) is 11.3 Å². The largest absolute Gasteiger partial charge is 0.378 e. The smallest absolute Gasteiger partial charge is 0.266 e. The Morgan fingerprint density at radius 3 is 2.62 bits per heavy atom. The summed E-state index contributed by atoms with van der Waals surface area (Å²) in [5.41, 5.74) is 3.78. The summed E-state index contributed by atoms with van der Waals surface area (Å²) in [6.07, 6.45) is 4.22. The minimum absolute atomic E-state index is 0.00448. The third-order valence-electron chi connectivity index (χ3n) is 6.73. The highest BCUT2D eigenvalue weighted by atomic mass is 35.5. The van der Waals surface area contributed by atoms with Gasteiger partial charge in [0.15, 0.2) is 0 Å². The number of imidazole rings is 1. The fraction of sp³-hybridized carbons (Fsp3) is 0.207. The van der Waals surface area contributed by atoms with Gasteiger partial charge in [0.1, 0.15) is 9.88 Å². The summed E-state index contributed by atoms with van der Waals surface area (Å²) < 4.78 is 5.50. The van der Waals surface area contributed by atoms with E-state index in [0.29, 0.717) is 42.6 Å². The highest BCUT2D eigenvalue weighted by Crippen LogP contribution is 2.39. The molecular formula is C29H25ClN4O2S. The average molecular weight is 529 g/mol. The fourth-order valence-corrected chi connectivity index (χ4v) is 6.09. The molecule has 1 saturated heterocycles. The van der Waals surface area contributed by atoms with E-state index in [1.807, 2.05) is 53.6 Å². The van der Waals surface area contributed by atoms with Crippen molar-refractivity contribution in [1.29, 1.82) is 0 Å². The van der Waals surface area contributed by atoms with Crippen LogP contribution in [0.2, 0.25) is 5.02 Å². The third kappa shape index (κ3) is 4.90. The van der Waals surface area contributed by atoms with E-state index in [2.05, 4.69) is 34.2 Å². The molecule has 2 aromatic heterocycles. The quantitative estimate of drug-likeness (QED) is 0.285. The Morgan fingerprint density at radius 2 is 1.84 bits per heavy atom. The number of hydrogen-bond donors (Lipinski definition) is 1. The molecule has 1 amide bonds. The number of morpholine rings is 1. The molecule has 1 unspecified atom stereocenters. The summed E-state index contributed by atoms with van der Waals surface area (Å²) in [6, 6.07) is 22.3. The van der Waals surface area contributed by atoms with Crippen LogP contribution in [0, 0.1) is 0 Å². The highest BCUT2D eigenvalue weighted by Gasteiger charge is 2.29. The number of H-pyrrole nitrogens is 1. The average Bonchev–Trinajstić information content (AvgIpc) is 3.64. The number of halogens is 1. The maximum absolute atomic E-state index is 13.9. The van der Waals surface area contributed by atoms with Gasteiger partial charge in [-0.15, -0.1) is 11.3 Å². The molecule has 8 heteroatoms. The summed E-state index contributed by atoms with van der Waals surface area (Å²) in [4.78, 5) is 29.1. The van der Waals surface area contributed by atoms with Crippen LogP contribution in [0.4, 0.5) is 0 Å². The van der Waals surface area contributed by atoms with Crippen LogP contribution in [0.5, 0.6) is 0 Å². The summed E-state index contributed by atoms with van der Waals surface area (Å²) >= 11 is 7.61.